The van der Waals surface area contributed by atoms with Crippen LogP contribution in [0, 0.1) is 5.92 Å². The Morgan fingerprint density at radius 1 is 0.941 bits per heavy atom. The van der Waals surface area contributed by atoms with Crippen LogP contribution in [0.15, 0.2) is 48.5 Å². The number of ether oxygens (including phenoxy) is 1. The topological polar surface area (TPSA) is 108 Å². The zero-order chi connectivity index (χ0) is 24.8. The van der Waals surface area contributed by atoms with Crippen molar-refractivity contribution < 1.29 is 24.2 Å². The molecule has 8 nitrogen and oxygen atoms in total. The molecule has 1 aliphatic carbocycles. The Balaban J connectivity index is 1.66. The van der Waals surface area contributed by atoms with Gasteiger partial charge in [0.05, 0.1) is 0 Å². The van der Waals surface area contributed by atoms with Crippen LogP contribution in [-0.4, -0.2) is 67.3 Å². The molecule has 0 bridgehead atoms. The predicted molar refractivity (Wildman–Crippen MR) is 130 cm³/mol. The maximum Gasteiger partial charge on any atom is 0.407 e. The van der Waals surface area contributed by atoms with Crippen molar-refractivity contribution in [3.05, 3.63) is 59.7 Å². The number of hydrogen-bond acceptors (Lipinski definition) is 5. The van der Waals surface area contributed by atoms with E-state index in [9.17, 15) is 19.5 Å². The summed E-state index contributed by atoms with van der Waals surface area (Å²) in [5.41, 5.74) is 4.44. The van der Waals surface area contributed by atoms with Crippen LogP contribution in [0.5, 0.6) is 0 Å². The van der Waals surface area contributed by atoms with Crippen LogP contribution in [0.1, 0.15) is 37.3 Å². The second-order valence-corrected chi connectivity index (χ2v) is 9.31. The first-order valence-electron chi connectivity index (χ1n) is 11.5. The average molecular weight is 468 g/mol. The quantitative estimate of drug-likeness (QED) is 0.496. The third-order valence-corrected chi connectivity index (χ3v) is 5.82. The minimum absolute atomic E-state index is 0.0868. The number of carbonyl (C=O) groups is 3. The van der Waals surface area contributed by atoms with E-state index in [4.69, 9.17) is 4.74 Å². The maximum atomic E-state index is 12.8. The molecule has 1 aliphatic rings. The van der Waals surface area contributed by atoms with Gasteiger partial charge in [-0.05, 0) is 48.7 Å². The molecule has 0 unspecified atom stereocenters. The first-order valence-corrected chi connectivity index (χ1v) is 11.5. The third-order valence-electron chi connectivity index (χ3n) is 5.82. The maximum absolute atomic E-state index is 12.8. The zero-order valence-corrected chi connectivity index (χ0v) is 20.1. The Hall–Kier alpha value is -3.39. The number of carboxylic acids is 1. The molecule has 2 aromatic rings. The van der Waals surface area contributed by atoms with Crippen LogP contribution in [0.25, 0.3) is 11.1 Å². The smallest absolute Gasteiger partial charge is 0.407 e. The molecule has 0 aromatic heterocycles. The summed E-state index contributed by atoms with van der Waals surface area (Å²) in [6.45, 7) is 4.09. The van der Waals surface area contributed by atoms with Crippen LogP contribution in [0.2, 0.25) is 0 Å². The van der Waals surface area contributed by atoms with E-state index in [2.05, 4.69) is 22.8 Å². The highest BCUT2D eigenvalue weighted by molar-refractivity contribution is 5.89. The molecular weight excluding hydrogens is 434 g/mol. The van der Waals surface area contributed by atoms with Crippen molar-refractivity contribution in [1.82, 2.24) is 15.5 Å². The number of amides is 2. The molecule has 8 heteroatoms. The highest BCUT2D eigenvalue weighted by Crippen LogP contribution is 2.44. The Morgan fingerprint density at radius 3 is 2.00 bits per heavy atom. The number of hydrogen-bond donors (Lipinski definition) is 3. The highest BCUT2D eigenvalue weighted by atomic mass is 16.5. The summed E-state index contributed by atoms with van der Waals surface area (Å²) in [4.78, 5) is 38.8. The van der Waals surface area contributed by atoms with Crippen LogP contribution in [0.3, 0.4) is 0 Å². The fourth-order valence-corrected chi connectivity index (χ4v) is 4.31. The molecule has 0 radical (unpaired) electrons. The van der Waals surface area contributed by atoms with E-state index in [0.717, 1.165) is 22.3 Å². The van der Waals surface area contributed by atoms with Gasteiger partial charge in [-0.15, -0.1) is 0 Å². The van der Waals surface area contributed by atoms with Gasteiger partial charge in [-0.1, -0.05) is 62.4 Å². The van der Waals surface area contributed by atoms with Crippen LogP contribution in [-0.2, 0) is 14.3 Å². The molecule has 0 fully saturated rings. The third kappa shape index (κ3) is 6.14. The van der Waals surface area contributed by atoms with Crippen molar-refractivity contribution in [3.8, 4) is 11.1 Å². The fourth-order valence-electron chi connectivity index (χ4n) is 4.31. The number of nitrogens with zero attached hydrogens (tertiary/aromatic N) is 1. The van der Waals surface area contributed by atoms with Gasteiger partial charge in [-0.3, -0.25) is 4.79 Å². The molecule has 34 heavy (non-hydrogen) atoms. The van der Waals surface area contributed by atoms with E-state index in [-0.39, 0.29) is 25.0 Å². The minimum Gasteiger partial charge on any atom is -0.480 e. The van der Waals surface area contributed by atoms with Gasteiger partial charge in [-0.25, -0.2) is 9.59 Å². The molecule has 0 aliphatic heterocycles. The summed E-state index contributed by atoms with van der Waals surface area (Å²) in [6.07, 6.45) is -0.430. The first-order chi connectivity index (χ1) is 16.2. The molecule has 2 atom stereocenters. The monoisotopic (exact) mass is 467 g/mol. The van der Waals surface area contributed by atoms with Gasteiger partial charge in [0.1, 0.15) is 18.7 Å². The lowest BCUT2D eigenvalue weighted by Gasteiger charge is -2.24. The number of likely N-dealkylation sites (N-methyl/N-ethyl adjacent to an activating group) is 1. The molecule has 2 amide bonds. The number of benzene rings is 2. The van der Waals surface area contributed by atoms with E-state index in [1.807, 2.05) is 50.2 Å². The Kier molecular flexibility index (Phi) is 8.28. The van der Waals surface area contributed by atoms with Gasteiger partial charge in [0, 0.05) is 12.5 Å². The van der Waals surface area contributed by atoms with Crippen LogP contribution < -0.4 is 10.6 Å². The van der Waals surface area contributed by atoms with Crippen molar-refractivity contribution in [1.29, 1.82) is 0 Å². The van der Waals surface area contributed by atoms with E-state index in [0.29, 0.717) is 6.42 Å². The summed E-state index contributed by atoms with van der Waals surface area (Å²) in [5.74, 6) is -1.67. The number of carboxylic acid groups (broad SMARTS) is 1. The molecule has 0 saturated carbocycles. The zero-order valence-electron chi connectivity index (χ0n) is 20.1. The SMILES string of the molecule is CC(C)C[C@H](NC(=O)[C@H](CN(C)C)NC(=O)OCC1c2ccccc2-c2ccccc21)C(=O)O. The molecule has 3 N–H and O–H groups in total. The summed E-state index contributed by atoms with van der Waals surface area (Å²) in [7, 11) is 3.53. The number of fused-ring (bicyclic) bond motifs is 3. The largest absolute Gasteiger partial charge is 0.480 e. The Labute approximate surface area is 200 Å². The number of alkyl carbamates (subject to hydrolysis) is 1. The highest BCUT2D eigenvalue weighted by Gasteiger charge is 2.31. The molecular formula is C26H33N3O5. The second-order valence-electron chi connectivity index (χ2n) is 9.31. The average Bonchev–Trinajstić information content (AvgIpc) is 3.10. The van der Waals surface area contributed by atoms with Gasteiger partial charge in [0.2, 0.25) is 5.91 Å². The van der Waals surface area contributed by atoms with Crippen molar-refractivity contribution in [2.24, 2.45) is 5.92 Å². The Morgan fingerprint density at radius 2 is 1.50 bits per heavy atom. The standard InChI is InChI=1S/C26H33N3O5/c1-16(2)13-22(25(31)32)27-24(30)23(14-29(3)4)28-26(33)34-15-21-19-11-7-5-9-17(19)18-10-6-8-12-20(18)21/h5-12,16,21-23H,13-15H2,1-4H3,(H,27,30)(H,28,33)(H,31,32)/t22-,23-/m0/s1. The van der Waals surface area contributed by atoms with Crippen molar-refractivity contribution >= 4 is 18.0 Å². The summed E-state index contributed by atoms with van der Waals surface area (Å²) in [6, 6.07) is 14.1. The van der Waals surface area contributed by atoms with Gasteiger partial charge < -0.3 is 25.4 Å². The van der Waals surface area contributed by atoms with E-state index < -0.39 is 30.1 Å². The lowest BCUT2D eigenvalue weighted by molar-refractivity contribution is -0.142. The number of carbonyl (C=O) groups excluding carboxylic acids is 2. The minimum atomic E-state index is -1.10. The lowest BCUT2D eigenvalue weighted by Crippen LogP contribution is -2.55. The van der Waals surface area contributed by atoms with Crippen molar-refractivity contribution in [2.75, 3.05) is 27.2 Å². The molecule has 182 valence electrons. The normalized spacial score (nSPS) is 14.3. The molecule has 0 saturated heterocycles. The molecule has 0 heterocycles. The summed E-state index contributed by atoms with van der Waals surface area (Å²) >= 11 is 0. The number of nitrogens with one attached hydrogen (secondary N) is 2. The first kappa shape index (κ1) is 25.2. The molecule has 3 rings (SSSR count). The van der Waals surface area contributed by atoms with E-state index in [1.54, 1.807) is 19.0 Å². The lowest BCUT2D eigenvalue weighted by atomic mass is 9.98. The molecule has 2 aromatic carbocycles. The predicted octanol–water partition coefficient (Wildman–Crippen LogP) is 3.07. The van der Waals surface area contributed by atoms with Gasteiger partial charge in [0.15, 0.2) is 0 Å². The molecule has 0 spiro atoms. The van der Waals surface area contributed by atoms with Gasteiger partial charge >= 0.3 is 12.1 Å². The number of rotatable bonds is 10. The van der Waals surface area contributed by atoms with Gasteiger partial charge in [-0.2, -0.15) is 0 Å². The van der Waals surface area contributed by atoms with Crippen LogP contribution >= 0.6 is 0 Å². The second kappa shape index (κ2) is 11.2. The van der Waals surface area contributed by atoms with Gasteiger partial charge in [0.25, 0.3) is 0 Å². The van der Waals surface area contributed by atoms with Crippen molar-refractivity contribution in [2.45, 2.75) is 38.3 Å². The Bertz CT molecular complexity index is 991. The number of aliphatic carboxylic acids is 1. The van der Waals surface area contributed by atoms with E-state index in [1.165, 1.54) is 0 Å². The van der Waals surface area contributed by atoms with E-state index >= 15 is 0 Å². The summed E-state index contributed by atoms with van der Waals surface area (Å²) in [5, 5.41) is 14.6. The fraction of sp³-hybridized carbons (Fsp3) is 0.423. The summed E-state index contributed by atoms with van der Waals surface area (Å²) < 4.78 is 5.55. The van der Waals surface area contributed by atoms with Crippen molar-refractivity contribution in [3.63, 3.8) is 0 Å². The van der Waals surface area contributed by atoms with Crippen LogP contribution in [0.4, 0.5) is 4.79 Å².